The molecule has 0 spiro atoms. The van der Waals surface area contributed by atoms with Crippen LogP contribution in [0.1, 0.15) is 21.5 Å². The molecular formula is C18H14F3N3O2. The van der Waals surface area contributed by atoms with E-state index in [-0.39, 0.29) is 0 Å². The molecule has 26 heavy (non-hydrogen) atoms. The van der Waals surface area contributed by atoms with Gasteiger partial charge in [-0.2, -0.15) is 18.3 Å². The molecule has 0 saturated heterocycles. The van der Waals surface area contributed by atoms with Gasteiger partial charge >= 0.3 is 12.1 Å². The van der Waals surface area contributed by atoms with Crippen molar-refractivity contribution in [1.29, 1.82) is 0 Å². The summed E-state index contributed by atoms with van der Waals surface area (Å²) in [4.78, 5) is 15.6. The zero-order valence-corrected chi connectivity index (χ0v) is 13.7. The number of ether oxygens (including phenoxy) is 1. The Morgan fingerprint density at radius 1 is 1.08 bits per heavy atom. The number of halogens is 3. The van der Waals surface area contributed by atoms with Crippen LogP contribution in [0.25, 0.3) is 11.4 Å². The van der Waals surface area contributed by atoms with Crippen LogP contribution in [-0.4, -0.2) is 27.8 Å². The van der Waals surface area contributed by atoms with Crippen LogP contribution in [0.5, 0.6) is 0 Å². The van der Waals surface area contributed by atoms with E-state index in [1.165, 1.54) is 30.3 Å². The Bertz CT molecular complexity index is 901. The van der Waals surface area contributed by atoms with Gasteiger partial charge in [-0.05, 0) is 29.8 Å². The van der Waals surface area contributed by atoms with Gasteiger partial charge in [-0.15, -0.1) is 0 Å². The first-order chi connectivity index (χ1) is 12.4. The van der Waals surface area contributed by atoms with E-state index >= 15 is 0 Å². The fraction of sp³-hybridized carbons (Fsp3) is 0.167. The molecule has 134 valence electrons. The molecule has 3 rings (SSSR count). The van der Waals surface area contributed by atoms with Crippen molar-refractivity contribution in [3.63, 3.8) is 0 Å². The number of benzene rings is 2. The molecular weight excluding hydrogens is 347 g/mol. The Morgan fingerprint density at radius 3 is 2.31 bits per heavy atom. The van der Waals surface area contributed by atoms with Crippen molar-refractivity contribution < 1.29 is 22.7 Å². The van der Waals surface area contributed by atoms with E-state index in [0.29, 0.717) is 29.1 Å². The van der Waals surface area contributed by atoms with Gasteiger partial charge in [0, 0.05) is 5.56 Å². The largest absolute Gasteiger partial charge is 0.465 e. The monoisotopic (exact) mass is 361 g/mol. The Hall–Kier alpha value is -3.16. The number of nitrogens with zero attached hydrogens (tertiary/aromatic N) is 3. The number of rotatable bonds is 4. The summed E-state index contributed by atoms with van der Waals surface area (Å²) in [5.74, 6) is 0.0191. The smallest absolute Gasteiger partial charge is 0.416 e. The minimum Gasteiger partial charge on any atom is -0.465 e. The topological polar surface area (TPSA) is 57.0 Å². The Labute approximate surface area is 147 Å². The highest BCUT2D eigenvalue weighted by Crippen LogP contribution is 2.29. The second-order valence-electron chi connectivity index (χ2n) is 5.53. The van der Waals surface area contributed by atoms with Crippen molar-refractivity contribution in [1.82, 2.24) is 14.8 Å². The first kappa shape index (κ1) is 17.7. The lowest BCUT2D eigenvalue weighted by Crippen LogP contribution is -2.06. The summed E-state index contributed by atoms with van der Waals surface area (Å²) >= 11 is 0. The predicted octanol–water partition coefficient (Wildman–Crippen LogP) is 3.80. The van der Waals surface area contributed by atoms with Crippen molar-refractivity contribution in [2.45, 2.75) is 12.7 Å². The molecule has 5 nitrogen and oxygen atoms in total. The predicted molar refractivity (Wildman–Crippen MR) is 87.3 cm³/mol. The molecule has 0 amide bonds. The maximum atomic E-state index is 12.6. The number of alkyl halides is 3. The number of hydrogen-bond donors (Lipinski definition) is 0. The lowest BCUT2D eigenvalue weighted by Gasteiger charge is -2.07. The van der Waals surface area contributed by atoms with Crippen molar-refractivity contribution in [3.8, 4) is 11.4 Å². The van der Waals surface area contributed by atoms with Gasteiger partial charge in [-0.3, -0.25) is 0 Å². The summed E-state index contributed by atoms with van der Waals surface area (Å²) in [6.45, 7) is 0.297. The van der Waals surface area contributed by atoms with Crippen LogP contribution in [0.3, 0.4) is 0 Å². The molecule has 0 fully saturated rings. The van der Waals surface area contributed by atoms with Crippen molar-refractivity contribution in [2.24, 2.45) is 0 Å². The standard InChI is InChI=1S/C18H14F3N3O2/c1-26-17(25)14-6-4-13(5-7-14)16-22-11-24(23-16)10-12-2-8-15(9-3-12)18(19,20)21/h2-9,11H,10H2,1H3. The fourth-order valence-corrected chi connectivity index (χ4v) is 2.36. The fourth-order valence-electron chi connectivity index (χ4n) is 2.36. The molecule has 0 unspecified atom stereocenters. The number of aromatic nitrogens is 3. The highest BCUT2D eigenvalue weighted by atomic mass is 19.4. The average molecular weight is 361 g/mol. The van der Waals surface area contributed by atoms with Gasteiger partial charge in [0.25, 0.3) is 0 Å². The summed E-state index contributed by atoms with van der Waals surface area (Å²) in [5.41, 5.74) is 1.12. The third-order valence-corrected chi connectivity index (χ3v) is 3.73. The quantitative estimate of drug-likeness (QED) is 0.664. The Kier molecular flexibility index (Phi) is 4.75. The van der Waals surface area contributed by atoms with Crippen molar-refractivity contribution >= 4 is 5.97 Å². The normalized spacial score (nSPS) is 11.4. The molecule has 0 bridgehead atoms. The summed E-state index contributed by atoms with van der Waals surface area (Å²) in [6.07, 6.45) is -2.85. The van der Waals surface area contributed by atoms with Gasteiger partial charge in [0.1, 0.15) is 6.33 Å². The molecule has 8 heteroatoms. The van der Waals surface area contributed by atoms with E-state index < -0.39 is 17.7 Å². The minimum absolute atomic E-state index is 0.297. The minimum atomic E-state index is -4.35. The third kappa shape index (κ3) is 3.90. The molecule has 0 N–H and O–H groups in total. The van der Waals surface area contributed by atoms with Crippen LogP contribution in [0.15, 0.2) is 54.9 Å². The number of hydrogen-bond acceptors (Lipinski definition) is 4. The first-order valence-electron chi connectivity index (χ1n) is 7.61. The second-order valence-corrected chi connectivity index (χ2v) is 5.53. The zero-order valence-electron chi connectivity index (χ0n) is 13.7. The average Bonchev–Trinajstić information content (AvgIpc) is 3.09. The first-order valence-corrected chi connectivity index (χ1v) is 7.61. The third-order valence-electron chi connectivity index (χ3n) is 3.73. The van der Waals surface area contributed by atoms with E-state index in [2.05, 4.69) is 14.8 Å². The summed E-state index contributed by atoms with van der Waals surface area (Å²) < 4.78 is 43.9. The Morgan fingerprint density at radius 2 is 1.73 bits per heavy atom. The van der Waals surface area contributed by atoms with Gasteiger partial charge in [0.2, 0.25) is 0 Å². The summed E-state index contributed by atoms with van der Waals surface area (Å²) in [7, 11) is 1.31. The van der Waals surface area contributed by atoms with E-state index in [1.54, 1.807) is 24.3 Å². The summed E-state index contributed by atoms with van der Waals surface area (Å²) in [6, 6.07) is 11.5. The van der Waals surface area contributed by atoms with Crippen molar-refractivity contribution in [2.75, 3.05) is 7.11 Å². The van der Waals surface area contributed by atoms with Crippen LogP contribution in [-0.2, 0) is 17.5 Å². The van der Waals surface area contributed by atoms with Gasteiger partial charge in [0.05, 0.1) is 24.8 Å². The van der Waals surface area contributed by atoms with Gasteiger partial charge in [0.15, 0.2) is 5.82 Å². The van der Waals surface area contributed by atoms with Crippen LogP contribution in [0, 0.1) is 0 Å². The number of carbonyl (C=O) groups excluding carboxylic acids is 1. The maximum Gasteiger partial charge on any atom is 0.416 e. The Balaban J connectivity index is 1.73. The lowest BCUT2D eigenvalue weighted by atomic mass is 10.1. The number of carbonyl (C=O) groups is 1. The molecule has 0 aliphatic heterocycles. The van der Waals surface area contributed by atoms with Crippen LogP contribution in [0.2, 0.25) is 0 Å². The number of methoxy groups -OCH3 is 1. The molecule has 0 aliphatic rings. The van der Waals surface area contributed by atoms with Crippen molar-refractivity contribution in [3.05, 3.63) is 71.5 Å². The zero-order chi connectivity index (χ0) is 18.7. The molecule has 0 saturated carbocycles. The highest BCUT2D eigenvalue weighted by molar-refractivity contribution is 5.89. The van der Waals surface area contributed by atoms with Crippen LogP contribution in [0.4, 0.5) is 13.2 Å². The van der Waals surface area contributed by atoms with E-state index in [0.717, 1.165) is 12.1 Å². The van der Waals surface area contributed by atoms with E-state index in [1.807, 2.05) is 0 Å². The molecule has 1 aromatic heterocycles. The molecule has 2 aromatic carbocycles. The van der Waals surface area contributed by atoms with E-state index in [9.17, 15) is 18.0 Å². The number of esters is 1. The summed E-state index contributed by atoms with van der Waals surface area (Å²) in [5, 5.41) is 4.31. The molecule has 0 aliphatic carbocycles. The maximum absolute atomic E-state index is 12.6. The van der Waals surface area contributed by atoms with Crippen LogP contribution >= 0.6 is 0 Å². The molecule has 0 radical (unpaired) electrons. The van der Waals surface area contributed by atoms with E-state index in [4.69, 9.17) is 0 Å². The highest BCUT2D eigenvalue weighted by Gasteiger charge is 2.29. The molecule has 3 aromatic rings. The second kappa shape index (κ2) is 6.99. The molecule has 1 heterocycles. The SMILES string of the molecule is COC(=O)c1ccc(-c2ncn(Cc3ccc(C(F)(F)F)cc3)n2)cc1. The molecule has 0 atom stereocenters. The van der Waals surface area contributed by atoms with Gasteiger partial charge in [-0.1, -0.05) is 24.3 Å². The lowest BCUT2D eigenvalue weighted by molar-refractivity contribution is -0.137. The van der Waals surface area contributed by atoms with Gasteiger partial charge in [-0.25, -0.2) is 14.5 Å². The van der Waals surface area contributed by atoms with Gasteiger partial charge < -0.3 is 4.74 Å². The van der Waals surface area contributed by atoms with Crippen LogP contribution < -0.4 is 0 Å².